The summed E-state index contributed by atoms with van der Waals surface area (Å²) in [4.78, 5) is 31.3. The topological polar surface area (TPSA) is 43.9 Å². The van der Waals surface area contributed by atoms with Crippen LogP contribution in [0.3, 0.4) is 0 Å². The Morgan fingerprint density at radius 3 is 2.61 bits per heavy atom. The lowest BCUT2D eigenvalue weighted by molar-refractivity contribution is -0.133. The molecule has 0 spiro atoms. The summed E-state index contributed by atoms with van der Waals surface area (Å²) in [7, 11) is 2.07. The van der Waals surface area contributed by atoms with Gasteiger partial charge in [-0.05, 0) is 25.1 Å². The Morgan fingerprint density at radius 2 is 1.89 bits per heavy atom. The Bertz CT molecular complexity index is 784. The van der Waals surface area contributed by atoms with E-state index in [1.807, 2.05) is 53.5 Å². The van der Waals surface area contributed by atoms with E-state index < -0.39 is 0 Å². The number of benzene rings is 1. The van der Waals surface area contributed by atoms with Crippen molar-refractivity contribution in [1.82, 2.24) is 14.7 Å². The van der Waals surface area contributed by atoms with Gasteiger partial charge in [-0.15, -0.1) is 0 Å². The van der Waals surface area contributed by atoms with Crippen LogP contribution in [0.4, 0.5) is 0 Å². The molecule has 1 aromatic carbocycles. The minimum atomic E-state index is -0.0697. The van der Waals surface area contributed by atoms with Gasteiger partial charge >= 0.3 is 0 Å². The van der Waals surface area contributed by atoms with Crippen LogP contribution in [-0.2, 0) is 9.59 Å². The molecule has 0 atom stereocenters. The van der Waals surface area contributed by atoms with Crippen LogP contribution >= 0.6 is 24.0 Å². The zero-order chi connectivity index (χ0) is 19.9. The first-order valence-corrected chi connectivity index (χ1v) is 10.7. The maximum atomic E-state index is 12.6. The Morgan fingerprint density at radius 1 is 1.18 bits per heavy atom. The van der Waals surface area contributed by atoms with E-state index in [4.69, 9.17) is 12.2 Å². The number of hydrogen-bond donors (Lipinski definition) is 0. The number of piperazine rings is 1. The summed E-state index contributed by atoms with van der Waals surface area (Å²) < 4.78 is 0.566. The molecule has 0 bridgehead atoms. The molecule has 2 aliphatic heterocycles. The van der Waals surface area contributed by atoms with Crippen LogP contribution in [0.1, 0.15) is 18.4 Å². The summed E-state index contributed by atoms with van der Waals surface area (Å²) in [6.07, 6.45) is 6.72. The minimum absolute atomic E-state index is 0.0697. The van der Waals surface area contributed by atoms with E-state index in [-0.39, 0.29) is 11.8 Å². The molecule has 2 saturated heterocycles. The molecule has 0 saturated carbocycles. The molecule has 148 valence electrons. The summed E-state index contributed by atoms with van der Waals surface area (Å²) in [5.74, 6) is 0.0969. The summed E-state index contributed by atoms with van der Waals surface area (Å²) in [5.41, 5.74) is 1.08. The van der Waals surface area contributed by atoms with E-state index in [2.05, 4.69) is 11.9 Å². The molecule has 2 heterocycles. The third-order valence-corrected chi connectivity index (χ3v) is 6.23. The van der Waals surface area contributed by atoms with Crippen LogP contribution in [0.15, 0.2) is 47.4 Å². The third-order valence-electron chi connectivity index (χ3n) is 4.84. The zero-order valence-electron chi connectivity index (χ0n) is 16.0. The number of thioether (sulfide) groups is 1. The minimum Gasteiger partial charge on any atom is -0.340 e. The highest BCUT2D eigenvalue weighted by molar-refractivity contribution is 8.26. The van der Waals surface area contributed by atoms with Crippen molar-refractivity contribution in [2.75, 3.05) is 39.8 Å². The second-order valence-electron chi connectivity index (χ2n) is 6.91. The molecule has 0 aromatic heterocycles. The lowest BCUT2D eigenvalue weighted by atomic mass is 10.2. The monoisotopic (exact) mass is 415 g/mol. The molecule has 2 fully saturated rings. The predicted octanol–water partition coefficient (Wildman–Crippen LogP) is 3.00. The second kappa shape index (κ2) is 10.0. The number of rotatable bonds is 6. The van der Waals surface area contributed by atoms with Gasteiger partial charge in [0.2, 0.25) is 5.91 Å². The number of thiocarbonyl (C=S) groups is 1. The number of amides is 2. The van der Waals surface area contributed by atoms with Gasteiger partial charge in [-0.2, -0.15) is 0 Å². The van der Waals surface area contributed by atoms with Gasteiger partial charge in [0.1, 0.15) is 4.32 Å². The Balaban J connectivity index is 1.48. The van der Waals surface area contributed by atoms with E-state index in [1.54, 1.807) is 4.90 Å². The first kappa shape index (κ1) is 20.8. The maximum absolute atomic E-state index is 12.6. The van der Waals surface area contributed by atoms with Crippen molar-refractivity contribution in [3.63, 3.8) is 0 Å². The largest absolute Gasteiger partial charge is 0.340 e. The van der Waals surface area contributed by atoms with Gasteiger partial charge in [0, 0.05) is 39.1 Å². The van der Waals surface area contributed by atoms with Crippen LogP contribution in [0.5, 0.6) is 0 Å². The van der Waals surface area contributed by atoms with Crippen LogP contribution in [0.25, 0.3) is 6.08 Å². The number of hydrogen-bond acceptors (Lipinski definition) is 5. The highest BCUT2D eigenvalue weighted by Gasteiger charge is 2.31. The lowest BCUT2D eigenvalue weighted by Crippen LogP contribution is -2.47. The highest BCUT2D eigenvalue weighted by Crippen LogP contribution is 2.31. The predicted molar refractivity (Wildman–Crippen MR) is 119 cm³/mol. The fraction of sp³-hybridized carbons (Fsp3) is 0.381. The van der Waals surface area contributed by atoms with Crippen LogP contribution in [-0.4, -0.2) is 70.6 Å². The first-order valence-electron chi connectivity index (χ1n) is 9.48. The van der Waals surface area contributed by atoms with Gasteiger partial charge in [-0.25, -0.2) is 0 Å². The molecule has 2 aliphatic rings. The summed E-state index contributed by atoms with van der Waals surface area (Å²) in [6, 6.07) is 9.93. The molecular weight excluding hydrogens is 390 g/mol. The SMILES string of the molecule is CN1CCN(C(=O)CCCN2C(=O)C(=CC=Cc3ccccc3)SC2=S)CC1. The summed E-state index contributed by atoms with van der Waals surface area (Å²) in [5, 5.41) is 0. The molecular formula is C21H25N3O2S2. The Hall–Kier alpha value is -1.96. The normalized spacial score (nSPS) is 20.0. The number of nitrogens with zero attached hydrogens (tertiary/aromatic N) is 3. The van der Waals surface area contributed by atoms with Crippen molar-refractivity contribution >= 4 is 46.2 Å². The smallest absolute Gasteiger partial charge is 0.266 e. The Labute approximate surface area is 176 Å². The fourth-order valence-electron chi connectivity index (χ4n) is 3.12. The van der Waals surface area contributed by atoms with Gasteiger partial charge in [0.05, 0.1) is 4.91 Å². The average Bonchev–Trinajstić information content (AvgIpc) is 2.97. The van der Waals surface area contributed by atoms with Crippen LogP contribution < -0.4 is 0 Å². The first-order chi connectivity index (χ1) is 13.5. The zero-order valence-corrected chi connectivity index (χ0v) is 17.7. The van der Waals surface area contributed by atoms with Gasteiger partial charge in [-0.3, -0.25) is 14.5 Å². The lowest BCUT2D eigenvalue weighted by Gasteiger charge is -2.32. The Kier molecular flexibility index (Phi) is 7.42. The van der Waals surface area contributed by atoms with Crippen molar-refractivity contribution in [1.29, 1.82) is 0 Å². The molecule has 0 aliphatic carbocycles. The van der Waals surface area contributed by atoms with Crippen molar-refractivity contribution in [2.24, 2.45) is 0 Å². The molecule has 0 unspecified atom stereocenters. The quantitative estimate of drug-likeness (QED) is 0.528. The number of carbonyl (C=O) groups is 2. The maximum Gasteiger partial charge on any atom is 0.266 e. The highest BCUT2D eigenvalue weighted by atomic mass is 32.2. The van der Waals surface area contributed by atoms with E-state index in [0.717, 1.165) is 31.7 Å². The third kappa shape index (κ3) is 5.53. The average molecular weight is 416 g/mol. The molecule has 3 rings (SSSR count). The second-order valence-corrected chi connectivity index (χ2v) is 8.59. The molecule has 2 amide bonds. The molecule has 5 nitrogen and oxygen atoms in total. The standard InChI is InChI=1S/C21H25N3O2S2/c1-22-13-15-23(16-14-22)19(25)11-6-12-24-20(26)18(28-21(24)27)10-5-9-17-7-3-2-4-8-17/h2-5,7-10H,6,11-16H2,1H3. The number of likely N-dealkylation sites (N-methyl/N-ethyl adjacent to an activating group) is 1. The summed E-state index contributed by atoms with van der Waals surface area (Å²) in [6.45, 7) is 3.90. The van der Waals surface area contributed by atoms with Gasteiger partial charge in [0.25, 0.3) is 5.91 Å². The van der Waals surface area contributed by atoms with Crippen molar-refractivity contribution < 1.29 is 9.59 Å². The van der Waals surface area contributed by atoms with Crippen LogP contribution in [0, 0.1) is 0 Å². The van der Waals surface area contributed by atoms with Gasteiger partial charge in [0.15, 0.2) is 0 Å². The van der Waals surface area contributed by atoms with Crippen molar-refractivity contribution in [3.05, 3.63) is 53.0 Å². The van der Waals surface area contributed by atoms with E-state index >= 15 is 0 Å². The number of carbonyl (C=O) groups excluding carboxylic acids is 2. The van der Waals surface area contributed by atoms with Crippen molar-refractivity contribution in [3.8, 4) is 0 Å². The van der Waals surface area contributed by atoms with Crippen molar-refractivity contribution in [2.45, 2.75) is 12.8 Å². The van der Waals surface area contributed by atoms with Gasteiger partial charge < -0.3 is 9.80 Å². The van der Waals surface area contributed by atoms with Gasteiger partial charge in [-0.1, -0.05) is 66.5 Å². The van der Waals surface area contributed by atoms with E-state index in [9.17, 15) is 9.59 Å². The number of allylic oxidation sites excluding steroid dienone is 2. The molecule has 7 heteroatoms. The fourth-order valence-corrected chi connectivity index (χ4v) is 4.38. The van der Waals surface area contributed by atoms with E-state index in [0.29, 0.717) is 28.6 Å². The molecule has 0 radical (unpaired) electrons. The summed E-state index contributed by atoms with van der Waals surface area (Å²) >= 11 is 6.68. The molecule has 1 aromatic rings. The molecule has 28 heavy (non-hydrogen) atoms. The van der Waals surface area contributed by atoms with E-state index in [1.165, 1.54) is 11.8 Å². The molecule has 0 N–H and O–H groups in total. The van der Waals surface area contributed by atoms with Crippen LogP contribution in [0.2, 0.25) is 0 Å².